The number of aromatic nitrogens is 2. The Hall–Kier alpha value is -3.92. The Morgan fingerprint density at radius 3 is 2.17 bits per heavy atom. The first-order chi connectivity index (χ1) is 17.0. The lowest BCUT2D eigenvalue weighted by molar-refractivity contribution is 0.0957. The quantitative estimate of drug-likeness (QED) is 0.353. The molecule has 0 unspecified atom stereocenters. The summed E-state index contributed by atoms with van der Waals surface area (Å²) in [5, 5.41) is 2.96. The predicted molar refractivity (Wildman–Crippen MR) is 134 cm³/mol. The molecule has 2 aromatic carbocycles. The summed E-state index contributed by atoms with van der Waals surface area (Å²) in [4.78, 5) is 18.7. The topological polar surface area (TPSA) is 92.6 Å². The van der Waals surface area contributed by atoms with Gasteiger partial charge in [-0.05, 0) is 24.6 Å². The molecule has 0 radical (unpaired) electrons. The number of methoxy groups -OCH3 is 5. The molecule has 10 heteroatoms. The van der Waals surface area contributed by atoms with Gasteiger partial charge in [-0.15, -0.1) is 0 Å². The van der Waals surface area contributed by atoms with E-state index in [4.69, 9.17) is 23.7 Å². The minimum atomic E-state index is -0.174. The number of carbonyl (C=O) groups is 1. The van der Waals surface area contributed by atoms with Crippen LogP contribution in [0.15, 0.2) is 42.7 Å². The highest BCUT2D eigenvalue weighted by atomic mass is 32.1. The summed E-state index contributed by atoms with van der Waals surface area (Å²) >= 11 is 1.31. The number of nitrogens with zero attached hydrogens (tertiary/aromatic N) is 2. The standard InChI is InChI=1S/C25H27N3O6S/c1-30-15-6-7-20(32-3)18(10-15)19-13-28-14-23(35-25(28)27-19)24(29)26-9-8-17-21(33-4)11-16(31-2)12-22(17)34-5/h6-7,10-14H,8-9H2,1-5H3,(H,26,29). The average Bonchev–Trinajstić information content (AvgIpc) is 3.47. The van der Waals surface area contributed by atoms with Crippen molar-refractivity contribution in [2.45, 2.75) is 6.42 Å². The molecule has 4 aromatic rings. The Balaban J connectivity index is 1.47. The molecule has 35 heavy (non-hydrogen) atoms. The van der Waals surface area contributed by atoms with Crippen molar-refractivity contribution in [3.63, 3.8) is 0 Å². The molecule has 0 saturated carbocycles. The van der Waals surface area contributed by atoms with Crippen LogP contribution >= 0.6 is 11.3 Å². The van der Waals surface area contributed by atoms with Crippen molar-refractivity contribution < 1.29 is 28.5 Å². The molecule has 0 aliphatic heterocycles. The molecule has 2 aromatic heterocycles. The van der Waals surface area contributed by atoms with Gasteiger partial charge in [-0.1, -0.05) is 11.3 Å². The van der Waals surface area contributed by atoms with Crippen molar-refractivity contribution in [2.24, 2.45) is 0 Å². The van der Waals surface area contributed by atoms with Gasteiger partial charge in [-0.2, -0.15) is 0 Å². The SMILES string of the molecule is COc1cc(OC)c(CCNC(=O)c2cn3cc(-c4cc(OC)ccc4OC)nc3s2)c(OC)c1. The smallest absolute Gasteiger partial charge is 0.263 e. The molecular weight excluding hydrogens is 470 g/mol. The molecule has 0 spiro atoms. The van der Waals surface area contributed by atoms with Crippen molar-refractivity contribution in [1.82, 2.24) is 14.7 Å². The third kappa shape index (κ3) is 4.97. The van der Waals surface area contributed by atoms with Crippen LogP contribution in [0.5, 0.6) is 28.7 Å². The number of benzene rings is 2. The van der Waals surface area contributed by atoms with Crippen LogP contribution in [0, 0.1) is 0 Å². The zero-order valence-corrected chi connectivity index (χ0v) is 21.0. The maximum atomic E-state index is 12.8. The lowest BCUT2D eigenvalue weighted by Crippen LogP contribution is -2.25. The van der Waals surface area contributed by atoms with Crippen molar-refractivity contribution >= 4 is 22.2 Å². The maximum absolute atomic E-state index is 12.8. The molecule has 1 amide bonds. The molecule has 0 aliphatic carbocycles. The zero-order valence-electron chi connectivity index (χ0n) is 20.2. The van der Waals surface area contributed by atoms with E-state index in [0.29, 0.717) is 51.6 Å². The van der Waals surface area contributed by atoms with Gasteiger partial charge in [-0.3, -0.25) is 9.20 Å². The largest absolute Gasteiger partial charge is 0.497 e. The van der Waals surface area contributed by atoms with Crippen LogP contribution in [0.4, 0.5) is 0 Å². The van der Waals surface area contributed by atoms with Crippen molar-refractivity contribution in [3.05, 3.63) is 53.2 Å². The second kappa shape index (κ2) is 10.6. The highest BCUT2D eigenvalue weighted by molar-refractivity contribution is 7.18. The summed E-state index contributed by atoms with van der Waals surface area (Å²) in [5.41, 5.74) is 2.41. The third-order valence-corrected chi connectivity index (χ3v) is 6.54. The number of ether oxygens (including phenoxy) is 5. The van der Waals surface area contributed by atoms with Crippen LogP contribution in [0.1, 0.15) is 15.2 Å². The Kier molecular flexibility index (Phi) is 7.31. The monoisotopic (exact) mass is 497 g/mol. The number of amides is 1. The molecular formula is C25H27N3O6S. The van der Waals surface area contributed by atoms with Crippen LogP contribution < -0.4 is 29.0 Å². The van der Waals surface area contributed by atoms with Gasteiger partial charge in [-0.25, -0.2) is 4.98 Å². The lowest BCUT2D eigenvalue weighted by Gasteiger charge is -2.15. The lowest BCUT2D eigenvalue weighted by atomic mass is 10.1. The number of carbonyl (C=O) groups excluding carboxylic acids is 1. The molecule has 0 fully saturated rings. The average molecular weight is 498 g/mol. The van der Waals surface area contributed by atoms with Crippen LogP contribution in [0.25, 0.3) is 16.2 Å². The first-order valence-electron chi connectivity index (χ1n) is 10.8. The van der Waals surface area contributed by atoms with Gasteiger partial charge in [0.2, 0.25) is 0 Å². The fraction of sp³-hybridized carbons (Fsp3) is 0.280. The number of rotatable bonds is 10. The molecule has 0 aliphatic rings. The molecule has 9 nitrogen and oxygen atoms in total. The number of hydrogen-bond acceptors (Lipinski definition) is 8. The first kappa shape index (κ1) is 24.2. The highest BCUT2D eigenvalue weighted by Crippen LogP contribution is 2.35. The fourth-order valence-electron chi connectivity index (χ4n) is 3.76. The van der Waals surface area contributed by atoms with Gasteiger partial charge < -0.3 is 29.0 Å². The minimum absolute atomic E-state index is 0.174. The molecule has 1 N–H and O–H groups in total. The second-order valence-corrected chi connectivity index (χ2v) is 8.50. The summed E-state index contributed by atoms with van der Waals surface area (Å²) in [6.07, 6.45) is 4.17. The predicted octanol–water partition coefficient (Wildman–Crippen LogP) is 4.08. The van der Waals surface area contributed by atoms with E-state index in [-0.39, 0.29) is 5.91 Å². The first-order valence-corrected chi connectivity index (χ1v) is 11.6. The summed E-state index contributed by atoms with van der Waals surface area (Å²) in [5.74, 6) is 3.16. The van der Waals surface area contributed by atoms with E-state index in [2.05, 4.69) is 10.3 Å². The van der Waals surface area contributed by atoms with E-state index < -0.39 is 0 Å². The van der Waals surface area contributed by atoms with Crippen LogP contribution in [0.3, 0.4) is 0 Å². The van der Waals surface area contributed by atoms with Crippen molar-refractivity contribution in [1.29, 1.82) is 0 Å². The van der Waals surface area contributed by atoms with Gasteiger partial charge in [0, 0.05) is 42.2 Å². The molecule has 4 rings (SSSR count). The number of hydrogen-bond donors (Lipinski definition) is 1. The highest BCUT2D eigenvalue weighted by Gasteiger charge is 2.17. The molecule has 2 heterocycles. The summed E-state index contributed by atoms with van der Waals surface area (Å²) in [6.45, 7) is 0.407. The number of imidazole rings is 1. The Morgan fingerprint density at radius 2 is 1.57 bits per heavy atom. The summed E-state index contributed by atoms with van der Waals surface area (Å²) in [6, 6.07) is 9.14. The van der Waals surface area contributed by atoms with Gasteiger partial charge in [0.1, 0.15) is 33.6 Å². The molecule has 0 saturated heterocycles. The van der Waals surface area contributed by atoms with Crippen LogP contribution in [-0.4, -0.2) is 57.4 Å². The third-order valence-electron chi connectivity index (χ3n) is 5.54. The normalized spacial score (nSPS) is 10.8. The fourth-order valence-corrected chi connectivity index (χ4v) is 4.64. The van der Waals surface area contributed by atoms with E-state index in [1.54, 1.807) is 53.9 Å². The van der Waals surface area contributed by atoms with E-state index in [1.165, 1.54) is 11.3 Å². The van der Waals surface area contributed by atoms with E-state index in [9.17, 15) is 4.79 Å². The Bertz CT molecular complexity index is 1290. The van der Waals surface area contributed by atoms with E-state index >= 15 is 0 Å². The Labute approximate surface area is 207 Å². The zero-order chi connectivity index (χ0) is 24.9. The minimum Gasteiger partial charge on any atom is -0.497 e. The molecule has 0 atom stereocenters. The summed E-state index contributed by atoms with van der Waals surface area (Å²) in [7, 11) is 7.99. The van der Waals surface area contributed by atoms with Crippen LogP contribution in [0.2, 0.25) is 0 Å². The van der Waals surface area contributed by atoms with E-state index in [0.717, 1.165) is 16.8 Å². The van der Waals surface area contributed by atoms with Gasteiger partial charge in [0.05, 0.1) is 41.2 Å². The van der Waals surface area contributed by atoms with E-state index in [1.807, 2.05) is 28.8 Å². The van der Waals surface area contributed by atoms with Crippen molar-refractivity contribution in [2.75, 3.05) is 42.1 Å². The number of fused-ring (bicyclic) bond motifs is 1. The number of thiazole rings is 1. The van der Waals surface area contributed by atoms with Gasteiger partial charge in [0.25, 0.3) is 5.91 Å². The summed E-state index contributed by atoms with van der Waals surface area (Å²) < 4.78 is 28.9. The second-order valence-electron chi connectivity index (χ2n) is 7.49. The van der Waals surface area contributed by atoms with Gasteiger partial charge in [0.15, 0.2) is 4.96 Å². The molecule has 0 bridgehead atoms. The van der Waals surface area contributed by atoms with Crippen molar-refractivity contribution in [3.8, 4) is 40.0 Å². The van der Waals surface area contributed by atoms with Gasteiger partial charge >= 0.3 is 0 Å². The maximum Gasteiger partial charge on any atom is 0.263 e. The number of nitrogens with one attached hydrogen (secondary N) is 1. The van der Waals surface area contributed by atoms with Crippen LogP contribution in [-0.2, 0) is 6.42 Å². The Morgan fingerprint density at radius 1 is 0.886 bits per heavy atom. The molecule has 184 valence electrons.